The molecule has 1 heterocycles. The van der Waals surface area contributed by atoms with E-state index in [9.17, 15) is 0 Å². The SMILES string of the molecule is CCC1(CC)CNC(C2CCCCC2)CN1CC(C)=CCl. The first kappa shape index (κ1) is 17.3. The largest absolute Gasteiger partial charge is 0.311 e. The van der Waals surface area contributed by atoms with Crippen molar-refractivity contribution in [2.75, 3.05) is 19.6 Å². The first-order valence-corrected chi connectivity index (χ1v) is 9.33. The van der Waals surface area contributed by atoms with Gasteiger partial charge in [-0.2, -0.15) is 0 Å². The highest BCUT2D eigenvalue weighted by atomic mass is 35.5. The molecular formula is C18H33ClN2. The van der Waals surface area contributed by atoms with Crippen molar-refractivity contribution in [1.29, 1.82) is 0 Å². The predicted octanol–water partition coefficient (Wildman–Crippen LogP) is 4.54. The first-order valence-electron chi connectivity index (χ1n) is 8.89. The summed E-state index contributed by atoms with van der Waals surface area (Å²) in [4.78, 5) is 2.72. The lowest BCUT2D eigenvalue weighted by Crippen LogP contribution is -2.65. The van der Waals surface area contributed by atoms with Crippen LogP contribution < -0.4 is 5.32 Å². The molecule has 1 atom stereocenters. The molecule has 21 heavy (non-hydrogen) atoms. The molecular weight excluding hydrogens is 280 g/mol. The van der Waals surface area contributed by atoms with Gasteiger partial charge in [-0.3, -0.25) is 4.90 Å². The monoisotopic (exact) mass is 312 g/mol. The molecule has 1 aliphatic heterocycles. The van der Waals surface area contributed by atoms with Crippen LogP contribution in [-0.2, 0) is 0 Å². The van der Waals surface area contributed by atoms with Crippen molar-refractivity contribution >= 4 is 11.6 Å². The number of hydrogen-bond acceptors (Lipinski definition) is 2. The number of halogens is 1. The van der Waals surface area contributed by atoms with E-state index < -0.39 is 0 Å². The first-order chi connectivity index (χ1) is 10.1. The Morgan fingerprint density at radius 3 is 2.48 bits per heavy atom. The van der Waals surface area contributed by atoms with Crippen molar-refractivity contribution in [3.05, 3.63) is 11.1 Å². The fourth-order valence-corrected chi connectivity index (χ4v) is 4.36. The highest BCUT2D eigenvalue weighted by Gasteiger charge is 2.40. The molecule has 0 aromatic heterocycles. The Labute approximate surface area is 136 Å². The van der Waals surface area contributed by atoms with E-state index in [-0.39, 0.29) is 0 Å². The molecule has 2 nitrogen and oxygen atoms in total. The van der Waals surface area contributed by atoms with Crippen LogP contribution in [-0.4, -0.2) is 36.1 Å². The van der Waals surface area contributed by atoms with Crippen molar-refractivity contribution in [3.8, 4) is 0 Å². The third-order valence-corrected chi connectivity index (χ3v) is 6.32. The van der Waals surface area contributed by atoms with E-state index in [1.807, 2.05) is 0 Å². The minimum atomic E-state index is 0.312. The lowest BCUT2D eigenvalue weighted by Gasteiger charge is -2.51. The van der Waals surface area contributed by atoms with Crippen LogP contribution in [0.25, 0.3) is 0 Å². The number of rotatable bonds is 5. The van der Waals surface area contributed by atoms with Crippen LogP contribution in [0.15, 0.2) is 11.1 Å². The quantitative estimate of drug-likeness (QED) is 0.801. The molecule has 0 aromatic rings. The third kappa shape index (κ3) is 4.03. The van der Waals surface area contributed by atoms with Crippen LogP contribution in [0.5, 0.6) is 0 Å². The topological polar surface area (TPSA) is 15.3 Å². The van der Waals surface area contributed by atoms with Gasteiger partial charge in [-0.05, 0) is 44.1 Å². The summed E-state index contributed by atoms with van der Waals surface area (Å²) in [6, 6.07) is 0.680. The molecule has 1 saturated carbocycles. The van der Waals surface area contributed by atoms with E-state index in [4.69, 9.17) is 11.6 Å². The van der Waals surface area contributed by atoms with Crippen molar-refractivity contribution < 1.29 is 0 Å². The molecule has 1 saturated heterocycles. The van der Waals surface area contributed by atoms with Gasteiger partial charge in [0.15, 0.2) is 0 Å². The molecule has 0 radical (unpaired) electrons. The zero-order valence-corrected chi connectivity index (χ0v) is 14.9. The highest BCUT2D eigenvalue weighted by molar-refractivity contribution is 6.25. The Morgan fingerprint density at radius 1 is 1.24 bits per heavy atom. The average Bonchev–Trinajstić information content (AvgIpc) is 2.55. The summed E-state index contributed by atoms with van der Waals surface area (Å²) in [5.74, 6) is 0.883. The molecule has 122 valence electrons. The van der Waals surface area contributed by atoms with Gasteiger partial charge in [0.2, 0.25) is 0 Å². The number of nitrogens with one attached hydrogen (secondary N) is 1. The maximum absolute atomic E-state index is 5.93. The summed E-state index contributed by atoms with van der Waals surface area (Å²) < 4.78 is 0. The fourth-order valence-electron chi connectivity index (χ4n) is 4.30. The lowest BCUT2D eigenvalue weighted by atomic mass is 9.79. The normalized spacial score (nSPS) is 28.8. The fraction of sp³-hybridized carbons (Fsp3) is 0.889. The van der Waals surface area contributed by atoms with Crippen LogP contribution in [0.1, 0.15) is 65.7 Å². The summed E-state index contributed by atoms with van der Waals surface area (Å²) >= 11 is 5.93. The molecule has 2 aliphatic rings. The van der Waals surface area contributed by atoms with Crippen molar-refractivity contribution in [2.45, 2.75) is 77.3 Å². The van der Waals surface area contributed by atoms with Crippen molar-refractivity contribution in [3.63, 3.8) is 0 Å². The van der Waals surface area contributed by atoms with Crippen LogP contribution in [0.3, 0.4) is 0 Å². The van der Waals surface area contributed by atoms with E-state index >= 15 is 0 Å². The van der Waals surface area contributed by atoms with Gasteiger partial charge in [-0.15, -0.1) is 0 Å². The molecule has 1 N–H and O–H groups in total. The Balaban J connectivity index is 2.08. The summed E-state index contributed by atoms with van der Waals surface area (Å²) in [6.45, 7) is 10.2. The molecule has 0 bridgehead atoms. The Hall–Kier alpha value is -0.0500. The second-order valence-corrected chi connectivity index (χ2v) is 7.37. The highest BCUT2D eigenvalue weighted by Crippen LogP contribution is 2.33. The van der Waals surface area contributed by atoms with Crippen LogP contribution in [0, 0.1) is 5.92 Å². The second-order valence-electron chi connectivity index (χ2n) is 7.15. The van der Waals surface area contributed by atoms with Crippen LogP contribution >= 0.6 is 11.6 Å². The maximum Gasteiger partial charge on any atom is 0.0332 e. The zero-order chi connectivity index (χ0) is 15.3. The summed E-state index contributed by atoms with van der Waals surface area (Å²) in [5.41, 5.74) is 3.35. The second kappa shape index (κ2) is 7.99. The molecule has 2 rings (SSSR count). The van der Waals surface area contributed by atoms with Gasteiger partial charge in [0.1, 0.15) is 0 Å². The summed E-state index contributed by atoms with van der Waals surface area (Å²) in [5, 5.41) is 3.91. The van der Waals surface area contributed by atoms with E-state index in [0.717, 1.165) is 19.0 Å². The van der Waals surface area contributed by atoms with Gasteiger partial charge >= 0.3 is 0 Å². The maximum atomic E-state index is 5.93. The molecule has 0 spiro atoms. The van der Waals surface area contributed by atoms with Crippen molar-refractivity contribution in [2.24, 2.45) is 5.92 Å². The van der Waals surface area contributed by atoms with Gasteiger partial charge < -0.3 is 5.32 Å². The molecule has 0 aromatic carbocycles. The van der Waals surface area contributed by atoms with Gasteiger partial charge in [0, 0.05) is 36.8 Å². The summed E-state index contributed by atoms with van der Waals surface area (Å²) in [6.07, 6.45) is 9.55. The average molecular weight is 313 g/mol. The number of piperazine rings is 1. The Bertz CT molecular complexity index is 343. The number of hydrogen-bond donors (Lipinski definition) is 1. The standard InChI is InChI=1S/C18H33ClN2/c1-4-18(5-2)14-20-17(16-9-7-6-8-10-16)13-21(18)12-15(3)11-19/h11,16-17,20H,4-10,12-14H2,1-3H3. The Morgan fingerprint density at radius 2 is 1.90 bits per heavy atom. The zero-order valence-electron chi connectivity index (χ0n) is 14.1. The van der Waals surface area contributed by atoms with Gasteiger partial charge in [-0.1, -0.05) is 44.7 Å². The predicted molar refractivity (Wildman–Crippen MR) is 92.9 cm³/mol. The molecule has 3 heteroatoms. The minimum absolute atomic E-state index is 0.312. The van der Waals surface area contributed by atoms with Gasteiger partial charge in [-0.25, -0.2) is 0 Å². The van der Waals surface area contributed by atoms with Crippen molar-refractivity contribution in [1.82, 2.24) is 10.2 Å². The van der Waals surface area contributed by atoms with E-state index in [0.29, 0.717) is 11.6 Å². The third-order valence-electron chi connectivity index (χ3n) is 5.94. The minimum Gasteiger partial charge on any atom is -0.311 e. The smallest absolute Gasteiger partial charge is 0.0332 e. The number of nitrogens with zero attached hydrogens (tertiary/aromatic N) is 1. The molecule has 0 amide bonds. The van der Waals surface area contributed by atoms with Gasteiger partial charge in [0.25, 0.3) is 0 Å². The van der Waals surface area contributed by atoms with E-state index in [1.54, 1.807) is 5.54 Å². The Kier molecular flexibility index (Phi) is 6.58. The molecule has 2 fully saturated rings. The molecule has 1 unspecified atom stereocenters. The molecule has 1 aliphatic carbocycles. The van der Waals surface area contributed by atoms with Gasteiger partial charge in [0.05, 0.1) is 0 Å². The lowest BCUT2D eigenvalue weighted by molar-refractivity contribution is 0.0220. The van der Waals surface area contributed by atoms with Crippen LogP contribution in [0.2, 0.25) is 0 Å². The van der Waals surface area contributed by atoms with E-state index in [1.165, 1.54) is 57.1 Å². The van der Waals surface area contributed by atoms with E-state index in [2.05, 4.69) is 31.0 Å². The van der Waals surface area contributed by atoms with Crippen LogP contribution in [0.4, 0.5) is 0 Å². The summed E-state index contributed by atoms with van der Waals surface area (Å²) in [7, 11) is 0.